The van der Waals surface area contributed by atoms with Crippen LogP contribution in [0.2, 0.25) is 0 Å². The molecule has 1 aromatic heterocycles. The van der Waals surface area contributed by atoms with Crippen molar-refractivity contribution in [1.29, 1.82) is 0 Å². The van der Waals surface area contributed by atoms with Crippen LogP contribution in [0.25, 0.3) is 0 Å². The van der Waals surface area contributed by atoms with Gasteiger partial charge in [0.15, 0.2) is 5.82 Å². The van der Waals surface area contributed by atoms with E-state index in [-0.39, 0.29) is 6.10 Å². The summed E-state index contributed by atoms with van der Waals surface area (Å²) in [4.78, 5) is 6.99. The summed E-state index contributed by atoms with van der Waals surface area (Å²) in [5.74, 6) is 2.92. The van der Waals surface area contributed by atoms with Crippen molar-refractivity contribution in [3.8, 4) is 0 Å². The average Bonchev–Trinajstić information content (AvgIpc) is 3.28. The molecule has 6 heteroatoms. The molecule has 0 aliphatic carbocycles. The Hall–Kier alpha value is -0.980. The van der Waals surface area contributed by atoms with Gasteiger partial charge in [0.2, 0.25) is 0 Å². The van der Waals surface area contributed by atoms with Crippen molar-refractivity contribution in [3.05, 3.63) is 11.7 Å². The second-order valence-electron chi connectivity index (χ2n) is 6.86. The van der Waals surface area contributed by atoms with Crippen molar-refractivity contribution >= 4 is 0 Å². The molecule has 0 spiro atoms. The highest BCUT2D eigenvalue weighted by molar-refractivity contribution is 5.03. The molecule has 0 saturated carbocycles. The number of hydrogen-bond acceptors (Lipinski definition) is 6. The van der Waals surface area contributed by atoms with Crippen LogP contribution in [0.5, 0.6) is 0 Å². The van der Waals surface area contributed by atoms with Crippen molar-refractivity contribution in [2.75, 3.05) is 19.7 Å². The van der Waals surface area contributed by atoms with E-state index >= 15 is 0 Å². The summed E-state index contributed by atoms with van der Waals surface area (Å²) in [7, 11) is 0. The monoisotopic (exact) mass is 291 g/mol. The van der Waals surface area contributed by atoms with E-state index in [4.69, 9.17) is 14.0 Å². The van der Waals surface area contributed by atoms with Gasteiger partial charge in [-0.25, -0.2) is 0 Å². The summed E-state index contributed by atoms with van der Waals surface area (Å²) in [6, 6.07) is 0. The highest BCUT2D eigenvalue weighted by atomic mass is 16.5. The van der Waals surface area contributed by atoms with Crippen LogP contribution in [-0.2, 0) is 16.0 Å². The number of fused-ring (bicyclic) bond motifs is 5. The van der Waals surface area contributed by atoms with Crippen molar-refractivity contribution in [3.63, 3.8) is 0 Å². The number of ether oxygens (including phenoxy) is 2. The molecule has 114 valence electrons. The predicted octanol–water partition coefficient (Wildman–Crippen LogP) is 1.53. The van der Waals surface area contributed by atoms with Gasteiger partial charge in [0.25, 0.3) is 5.89 Å². The Kier molecular flexibility index (Phi) is 2.85. The molecule has 0 aromatic carbocycles. The molecule has 4 saturated heterocycles. The minimum Gasteiger partial charge on any atom is -0.374 e. The Bertz CT molecular complexity index is 510. The largest absolute Gasteiger partial charge is 0.374 e. The first-order chi connectivity index (χ1) is 10.4. The van der Waals surface area contributed by atoms with E-state index in [1.807, 2.05) is 0 Å². The zero-order valence-electron chi connectivity index (χ0n) is 12.1. The summed E-state index contributed by atoms with van der Waals surface area (Å²) in [6.45, 7) is 3.84. The maximum Gasteiger partial charge on any atom is 0.255 e. The van der Waals surface area contributed by atoms with Gasteiger partial charge in [-0.15, -0.1) is 0 Å². The Balaban J connectivity index is 1.24. The molecular formula is C15H21N3O3. The fourth-order valence-corrected chi connectivity index (χ4v) is 4.61. The zero-order valence-corrected chi connectivity index (χ0v) is 12.1. The molecule has 1 aromatic rings. The minimum absolute atomic E-state index is 0.0217. The van der Waals surface area contributed by atoms with Gasteiger partial charge in [-0.05, 0) is 25.7 Å². The Morgan fingerprint density at radius 2 is 1.90 bits per heavy atom. The van der Waals surface area contributed by atoms with Crippen LogP contribution >= 0.6 is 0 Å². The predicted molar refractivity (Wildman–Crippen MR) is 72.4 cm³/mol. The Labute approximate surface area is 123 Å². The Morgan fingerprint density at radius 1 is 1.10 bits per heavy atom. The van der Waals surface area contributed by atoms with Crippen LogP contribution in [0, 0.1) is 11.8 Å². The molecule has 5 rings (SSSR count). The number of likely N-dealkylation sites (tertiary alicyclic amines) is 1. The number of rotatable bonds is 3. The van der Waals surface area contributed by atoms with Crippen LogP contribution in [0.4, 0.5) is 0 Å². The van der Waals surface area contributed by atoms with Crippen LogP contribution in [0.3, 0.4) is 0 Å². The van der Waals surface area contributed by atoms with Crippen molar-refractivity contribution in [1.82, 2.24) is 15.0 Å². The van der Waals surface area contributed by atoms with E-state index in [2.05, 4.69) is 15.0 Å². The van der Waals surface area contributed by atoms with Crippen LogP contribution < -0.4 is 0 Å². The molecule has 2 bridgehead atoms. The molecule has 0 N–H and O–H groups in total. The summed E-state index contributed by atoms with van der Waals surface area (Å²) >= 11 is 0. The van der Waals surface area contributed by atoms with E-state index in [9.17, 15) is 0 Å². The molecule has 0 radical (unpaired) electrons. The SMILES string of the molecule is C1CO[C@@H](c2nc(CN3C[C@@H]4[C@H](C3)[C@H]3CC[C@@H]4O3)no2)C1. The zero-order chi connectivity index (χ0) is 13.8. The molecule has 6 nitrogen and oxygen atoms in total. The second kappa shape index (κ2) is 4.76. The van der Waals surface area contributed by atoms with Crippen molar-refractivity contribution < 1.29 is 14.0 Å². The van der Waals surface area contributed by atoms with E-state index < -0.39 is 0 Å². The first-order valence-electron chi connectivity index (χ1n) is 8.19. The topological polar surface area (TPSA) is 60.6 Å². The lowest BCUT2D eigenvalue weighted by molar-refractivity contribution is 0.0692. The molecule has 4 aliphatic rings. The van der Waals surface area contributed by atoms with Crippen molar-refractivity contribution in [2.24, 2.45) is 11.8 Å². The van der Waals surface area contributed by atoms with Crippen LogP contribution in [0.15, 0.2) is 4.52 Å². The minimum atomic E-state index is 0.0217. The lowest BCUT2D eigenvalue weighted by Gasteiger charge is -2.18. The molecular weight excluding hydrogens is 270 g/mol. The quantitative estimate of drug-likeness (QED) is 0.841. The molecule has 0 unspecified atom stereocenters. The number of hydrogen-bond donors (Lipinski definition) is 0. The molecule has 5 atom stereocenters. The lowest BCUT2D eigenvalue weighted by atomic mass is 9.82. The van der Waals surface area contributed by atoms with Gasteiger partial charge in [-0.3, -0.25) is 4.90 Å². The van der Waals surface area contributed by atoms with E-state index in [0.29, 0.717) is 18.1 Å². The third-order valence-electron chi connectivity index (χ3n) is 5.58. The van der Waals surface area contributed by atoms with Gasteiger partial charge < -0.3 is 14.0 Å². The van der Waals surface area contributed by atoms with Gasteiger partial charge in [-0.1, -0.05) is 5.16 Å². The summed E-state index contributed by atoms with van der Waals surface area (Å²) < 4.78 is 17.0. The fourth-order valence-electron chi connectivity index (χ4n) is 4.61. The Morgan fingerprint density at radius 3 is 2.62 bits per heavy atom. The smallest absolute Gasteiger partial charge is 0.255 e. The summed E-state index contributed by atoms with van der Waals surface area (Å²) in [5, 5.41) is 4.13. The third kappa shape index (κ3) is 2.04. The van der Waals surface area contributed by atoms with Gasteiger partial charge >= 0.3 is 0 Å². The van der Waals surface area contributed by atoms with Crippen molar-refractivity contribution in [2.45, 2.75) is 50.5 Å². The van der Waals surface area contributed by atoms with Crippen LogP contribution in [-0.4, -0.2) is 46.9 Å². The lowest BCUT2D eigenvalue weighted by Crippen LogP contribution is -2.25. The summed E-state index contributed by atoms with van der Waals surface area (Å²) in [6.07, 6.45) is 5.64. The molecule has 4 aliphatic heterocycles. The van der Waals surface area contributed by atoms with Gasteiger partial charge in [-0.2, -0.15) is 4.98 Å². The van der Waals surface area contributed by atoms with Gasteiger partial charge in [0.1, 0.15) is 6.10 Å². The van der Waals surface area contributed by atoms with Gasteiger partial charge in [0, 0.05) is 31.5 Å². The first kappa shape index (κ1) is 12.6. The van der Waals surface area contributed by atoms with E-state index in [1.54, 1.807) is 0 Å². The van der Waals surface area contributed by atoms with Gasteiger partial charge in [0.05, 0.1) is 18.8 Å². The number of aromatic nitrogens is 2. The first-order valence-corrected chi connectivity index (χ1v) is 8.19. The number of nitrogens with zero attached hydrogens (tertiary/aromatic N) is 3. The van der Waals surface area contributed by atoms with E-state index in [0.717, 1.165) is 56.7 Å². The van der Waals surface area contributed by atoms with Crippen LogP contribution in [0.1, 0.15) is 43.5 Å². The third-order valence-corrected chi connectivity index (χ3v) is 5.58. The van der Waals surface area contributed by atoms with E-state index in [1.165, 1.54) is 12.8 Å². The average molecular weight is 291 g/mol. The highest BCUT2D eigenvalue weighted by Gasteiger charge is 2.52. The normalized spacial score (nSPS) is 42.0. The molecule has 4 fully saturated rings. The standard InChI is InChI=1S/C15H21N3O3/c1-2-13(19-5-1)15-16-14(17-21-15)8-18-6-9-10(7-18)12-4-3-11(9)20-12/h9-13H,1-8H2/t9-,10+,11+,12-,13-/m1/s1. The maximum atomic E-state index is 6.02. The highest BCUT2D eigenvalue weighted by Crippen LogP contribution is 2.47. The molecule has 0 amide bonds. The fraction of sp³-hybridized carbons (Fsp3) is 0.867. The summed E-state index contributed by atoms with van der Waals surface area (Å²) in [5.41, 5.74) is 0. The molecule has 21 heavy (non-hydrogen) atoms. The maximum absolute atomic E-state index is 6.02. The molecule has 5 heterocycles. The second-order valence-corrected chi connectivity index (χ2v) is 6.86.